The number of benzene rings is 4. The number of nitrogens with one attached hydrogen (secondary N) is 1. The summed E-state index contributed by atoms with van der Waals surface area (Å²) in [5.41, 5.74) is 0.689. The van der Waals surface area contributed by atoms with E-state index < -0.39 is 72.0 Å². The third-order valence-corrected chi connectivity index (χ3v) is 11.7. The number of hydrogen-bond donors (Lipinski definition) is 2. The van der Waals surface area contributed by atoms with E-state index in [1.54, 1.807) is 11.0 Å². The van der Waals surface area contributed by atoms with E-state index in [9.17, 15) is 14.7 Å². The maximum absolute atomic E-state index is 15.5. The highest BCUT2D eigenvalue weighted by atomic mass is 79.9. The predicted molar refractivity (Wildman–Crippen MR) is 206 cm³/mol. The third-order valence-electron chi connectivity index (χ3n) is 11.0. The maximum atomic E-state index is 15.5. The van der Waals surface area contributed by atoms with E-state index in [1.165, 1.54) is 4.90 Å². The molecule has 0 saturated carbocycles. The van der Waals surface area contributed by atoms with E-state index in [0.717, 1.165) is 21.9 Å². The Balaban J connectivity index is 1.26. The molecule has 4 aromatic rings. The lowest BCUT2D eigenvalue weighted by Crippen LogP contribution is -2.59. The van der Waals surface area contributed by atoms with Crippen LogP contribution in [0, 0.1) is 11.8 Å². The highest BCUT2D eigenvalue weighted by Gasteiger charge is 2.75. The first-order chi connectivity index (χ1) is 26.3. The van der Waals surface area contributed by atoms with Crippen LogP contribution < -0.4 is 10.2 Å². The quantitative estimate of drug-likeness (QED) is 0.198. The van der Waals surface area contributed by atoms with E-state index in [1.807, 2.05) is 115 Å². The van der Waals surface area contributed by atoms with E-state index in [2.05, 4.69) is 21.2 Å². The Kier molecular flexibility index (Phi) is 9.95. The summed E-state index contributed by atoms with van der Waals surface area (Å²) in [5.74, 6) is -3.86. The SMILES string of the molecule is O=C1CC/C=C\CN(c2ccc3ccccc3c2)C(=O)[C@H]2N([C@@H](CO)Cc3ccccc3)C(=O)[C@@H]3[C@@H](C(=O)N[C@@H](c4ccccc4)CO1)[C@@H]1O[C@@]32C=C1Br. The average Bonchev–Trinajstić information content (AvgIpc) is 3.79. The summed E-state index contributed by atoms with van der Waals surface area (Å²) >= 11 is 3.65. The zero-order valence-electron chi connectivity index (χ0n) is 29.4. The molecule has 0 aromatic heterocycles. The highest BCUT2D eigenvalue weighted by molar-refractivity contribution is 9.11. The lowest BCUT2D eigenvalue weighted by Gasteiger charge is -2.39. The highest BCUT2D eigenvalue weighted by Crippen LogP contribution is 2.59. The van der Waals surface area contributed by atoms with Crippen molar-refractivity contribution in [3.63, 3.8) is 0 Å². The first-order valence-corrected chi connectivity index (χ1v) is 19.1. The number of amides is 3. The van der Waals surface area contributed by atoms with E-state index in [4.69, 9.17) is 9.47 Å². The minimum absolute atomic E-state index is 0.107. The van der Waals surface area contributed by atoms with Crippen molar-refractivity contribution in [3.8, 4) is 0 Å². The molecule has 276 valence electrons. The van der Waals surface area contributed by atoms with Crippen molar-refractivity contribution in [1.82, 2.24) is 10.2 Å². The molecule has 4 heterocycles. The lowest BCUT2D eigenvalue weighted by molar-refractivity contribution is -0.146. The minimum Gasteiger partial charge on any atom is -0.463 e. The number of hydrogen-bond acceptors (Lipinski definition) is 7. The summed E-state index contributed by atoms with van der Waals surface area (Å²) in [6.45, 7) is -0.401. The molecule has 4 aliphatic heterocycles. The van der Waals surface area contributed by atoms with E-state index >= 15 is 9.59 Å². The largest absolute Gasteiger partial charge is 0.463 e. The summed E-state index contributed by atoms with van der Waals surface area (Å²) in [7, 11) is 0. The van der Waals surface area contributed by atoms with E-state index in [-0.39, 0.29) is 26.0 Å². The number of anilines is 1. The minimum atomic E-state index is -1.52. The summed E-state index contributed by atoms with van der Waals surface area (Å²) in [4.78, 5) is 61.1. The first-order valence-electron chi connectivity index (χ1n) is 18.3. The molecule has 2 saturated heterocycles. The molecule has 8 rings (SSSR count). The molecule has 5 bridgehead atoms. The second-order valence-corrected chi connectivity index (χ2v) is 15.2. The molecule has 54 heavy (non-hydrogen) atoms. The van der Waals surface area contributed by atoms with Gasteiger partial charge in [-0.3, -0.25) is 19.2 Å². The number of aliphatic hydroxyl groups excluding tert-OH is 1. The number of cyclic esters (lactones) is 1. The third kappa shape index (κ3) is 6.44. The van der Waals surface area contributed by atoms with Crippen LogP contribution in [0.2, 0.25) is 0 Å². The van der Waals surface area contributed by atoms with Crippen LogP contribution in [0.15, 0.2) is 126 Å². The van der Waals surface area contributed by atoms with Gasteiger partial charge in [-0.2, -0.15) is 0 Å². The number of likely N-dealkylation sites (tertiary alicyclic amines) is 1. The maximum Gasteiger partial charge on any atom is 0.306 e. The molecule has 7 atom stereocenters. The zero-order chi connectivity index (χ0) is 37.4. The van der Waals surface area contributed by atoms with Crippen molar-refractivity contribution in [2.45, 2.75) is 49.1 Å². The predicted octanol–water partition coefficient (Wildman–Crippen LogP) is 5.40. The molecule has 2 fully saturated rings. The molecule has 11 heteroatoms. The van der Waals surface area contributed by atoms with E-state index in [0.29, 0.717) is 16.6 Å². The molecule has 10 nitrogen and oxygen atoms in total. The van der Waals surface area contributed by atoms with Crippen molar-refractivity contribution < 1.29 is 33.8 Å². The van der Waals surface area contributed by atoms with Gasteiger partial charge in [-0.25, -0.2) is 0 Å². The first kappa shape index (κ1) is 35.9. The van der Waals surface area contributed by atoms with Crippen molar-refractivity contribution >= 4 is 56.1 Å². The van der Waals surface area contributed by atoms with Crippen LogP contribution in [0.4, 0.5) is 5.69 Å². The van der Waals surface area contributed by atoms with Gasteiger partial charge >= 0.3 is 5.97 Å². The zero-order valence-corrected chi connectivity index (χ0v) is 31.0. The summed E-state index contributed by atoms with van der Waals surface area (Å²) in [5, 5.41) is 16.0. The van der Waals surface area contributed by atoms with Gasteiger partial charge in [0.05, 0.1) is 30.5 Å². The Morgan fingerprint density at radius 1 is 0.870 bits per heavy atom. The fourth-order valence-electron chi connectivity index (χ4n) is 8.50. The van der Waals surface area contributed by atoms with Gasteiger partial charge in [-0.05, 0) is 52.9 Å². The van der Waals surface area contributed by atoms with Gasteiger partial charge in [0.2, 0.25) is 11.8 Å². The number of halogens is 1. The average molecular weight is 791 g/mol. The van der Waals surface area contributed by atoms with Gasteiger partial charge < -0.3 is 29.7 Å². The molecule has 2 N–H and O–H groups in total. The molecule has 0 unspecified atom stereocenters. The number of nitrogens with zero attached hydrogens (tertiary/aromatic N) is 2. The second kappa shape index (κ2) is 15.0. The second-order valence-electron chi connectivity index (χ2n) is 14.2. The summed E-state index contributed by atoms with van der Waals surface area (Å²) in [6.07, 6.45) is 5.37. The number of carbonyl (C=O) groups excluding carboxylic acids is 4. The Labute approximate surface area is 321 Å². The van der Waals surface area contributed by atoms with Gasteiger partial charge in [0, 0.05) is 23.1 Å². The molecule has 4 aromatic carbocycles. The van der Waals surface area contributed by atoms with Crippen molar-refractivity contribution in [2.75, 3.05) is 24.7 Å². The Bertz CT molecular complexity index is 2140. The molecular formula is C43H40BrN3O7. The van der Waals surface area contributed by atoms with Gasteiger partial charge in [0.1, 0.15) is 24.4 Å². The van der Waals surface area contributed by atoms with Crippen LogP contribution in [-0.4, -0.2) is 77.2 Å². The summed E-state index contributed by atoms with van der Waals surface area (Å²) < 4.78 is 13.0. The Morgan fingerprint density at radius 3 is 2.35 bits per heavy atom. The lowest BCUT2D eigenvalue weighted by atomic mass is 9.74. The van der Waals surface area contributed by atoms with Gasteiger partial charge in [-0.1, -0.05) is 119 Å². The molecule has 4 aliphatic rings. The number of fused-ring (bicyclic) bond motifs is 3. The Morgan fingerprint density at radius 2 is 1.59 bits per heavy atom. The van der Waals surface area contributed by atoms with Gasteiger partial charge in [0.15, 0.2) is 0 Å². The topological polar surface area (TPSA) is 125 Å². The molecule has 0 radical (unpaired) electrons. The number of esters is 1. The molecular weight excluding hydrogens is 750 g/mol. The van der Waals surface area contributed by atoms with Crippen LogP contribution in [0.1, 0.15) is 30.0 Å². The van der Waals surface area contributed by atoms with Crippen LogP contribution >= 0.6 is 15.9 Å². The normalized spacial score (nSPS) is 28.4. The molecule has 1 spiro atoms. The van der Waals surface area contributed by atoms with Crippen LogP contribution in [-0.2, 0) is 35.1 Å². The van der Waals surface area contributed by atoms with Crippen LogP contribution in [0.5, 0.6) is 0 Å². The standard InChI is InChI=1S/C43H40BrN3O7/c44-33-24-43-37-36(38(33)54-43)40(50)45-34(29-15-6-2-7-16-29)26-53-35(49)18-8-3-11-21-46(31-20-19-28-14-9-10-17-30(28)23-31)42(52)39(43)47(41(37)51)32(25-48)22-27-12-4-1-5-13-27/h1-7,9-17,19-20,23-24,32,34,36-39,48H,8,18,21-22,25-26H2,(H,45,50)/b11-3-/t32-,34-,36-,37+,38-,39-,43+/m1/s1. The number of ether oxygens (including phenoxy) is 2. The number of aliphatic hydroxyl groups is 1. The van der Waals surface area contributed by atoms with Crippen LogP contribution in [0.3, 0.4) is 0 Å². The van der Waals surface area contributed by atoms with Crippen molar-refractivity contribution in [1.29, 1.82) is 0 Å². The number of carbonyl (C=O) groups is 4. The number of allylic oxidation sites excluding steroid dienone is 1. The Hall–Kier alpha value is -5.10. The number of rotatable bonds is 6. The van der Waals surface area contributed by atoms with Gasteiger partial charge in [-0.15, -0.1) is 0 Å². The van der Waals surface area contributed by atoms with Crippen molar-refractivity contribution in [3.05, 3.63) is 137 Å². The summed E-state index contributed by atoms with van der Waals surface area (Å²) in [6, 6.07) is 29.6. The van der Waals surface area contributed by atoms with Crippen LogP contribution in [0.25, 0.3) is 10.8 Å². The fourth-order valence-corrected chi connectivity index (χ4v) is 9.24. The smallest absolute Gasteiger partial charge is 0.306 e. The molecule has 3 amide bonds. The van der Waals surface area contributed by atoms with Gasteiger partial charge in [0.25, 0.3) is 5.91 Å². The molecule has 0 aliphatic carbocycles. The van der Waals surface area contributed by atoms with Crippen molar-refractivity contribution in [2.24, 2.45) is 11.8 Å². The monoisotopic (exact) mass is 789 g/mol. The fraction of sp³-hybridized carbons (Fsp3) is 0.302.